The van der Waals surface area contributed by atoms with Crippen LogP contribution in [0.15, 0.2) is 109 Å². The lowest BCUT2D eigenvalue weighted by atomic mass is 9.84. The molecule has 0 aromatic heterocycles. The minimum Gasteiger partial charge on any atom is -0.444 e. The van der Waals surface area contributed by atoms with Crippen LogP contribution in [-0.2, 0) is 20.8 Å². The number of amides is 2. The molecule has 2 amide bonds. The average molecular weight is 721 g/mol. The summed E-state index contributed by atoms with van der Waals surface area (Å²) in [6, 6.07) is 35.6. The Balaban J connectivity index is 1.63. The van der Waals surface area contributed by atoms with Crippen molar-refractivity contribution >= 4 is 47.0 Å². The van der Waals surface area contributed by atoms with Gasteiger partial charge in [-0.1, -0.05) is 141 Å². The van der Waals surface area contributed by atoms with Gasteiger partial charge in [-0.3, -0.25) is 4.79 Å². The van der Waals surface area contributed by atoms with Gasteiger partial charge >= 0.3 is 6.09 Å². The van der Waals surface area contributed by atoms with Gasteiger partial charge in [0.15, 0.2) is 0 Å². The maximum atomic E-state index is 13.6. The van der Waals surface area contributed by atoms with Gasteiger partial charge in [0.2, 0.25) is 5.91 Å². The fourth-order valence-electron chi connectivity index (χ4n) is 5.63. The number of thioether (sulfide) groups is 1. The van der Waals surface area contributed by atoms with Crippen molar-refractivity contribution in [3.8, 4) is 0 Å². The van der Waals surface area contributed by atoms with Crippen LogP contribution in [0.25, 0.3) is 0 Å². The molecule has 260 valence electrons. The molecule has 0 heterocycles. The average Bonchev–Trinajstić information content (AvgIpc) is 3.08. The Morgan fingerprint density at radius 1 is 0.816 bits per heavy atom. The third kappa shape index (κ3) is 10.7. The maximum absolute atomic E-state index is 13.6. The van der Waals surface area contributed by atoms with Crippen LogP contribution in [0.1, 0.15) is 63.3 Å². The molecule has 3 atom stereocenters. The van der Waals surface area contributed by atoms with Crippen molar-refractivity contribution in [1.29, 1.82) is 0 Å². The van der Waals surface area contributed by atoms with Crippen LogP contribution in [0.3, 0.4) is 0 Å². The lowest BCUT2D eigenvalue weighted by Gasteiger charge is -2.37. The van der Waals surface area contributed by atoms with E-state index in [9.17, 15) is 9.59 Å². The fraction of sp³-hybridized carbons (Fsp3) is 0.350. The first-order valence-corrected chi connectivity index (χ1v) is 18.4. The van der Waals surface area contributed by atoms with Gasteiger partial charge in [-0.25, -0.2) is 4.79 Å². The van der Waals surface area contributed by atoms with Crippen LogP contribution in [0, 0.1) is 5.92 Å². The van der Waals surface area contributed by atoms with Crippen molar-refractivity contribution in [1.82, 2.24) is 16.0 Å². The summed E-state index contributed by atoms with van der Waals surface area (Å²) in [7, 11) is 0. The molecule has 0 fully saturated rings. The Bertz CT molecular complexity index is 1540. The number of carbonyl (C=O) groups is 2. The molecule has 0 aliphatic rings. The molecule has 4 aromatic carbocycles. The van der Waals surface area contributed by atoms with Crippen molar-refractivity contribution in [2.45, 2.75) is 70.0 Å². The highest BCUT2D eigenvalue weighted by atomic mass is 35.5. The molecule has 3 N–H and O–H groups in total. The number of rotatable bonds is 15. The molecular formula is C40H47Cl2N3O3S. The van der Waals surface area contributed by atoms with Crippen LogP contribution in [-0.4, -0.2) is 42.0 Å². The third-order valence-corrected chi connectivity index (χ3v) is 10.6. The molecule has 49 heavy (non-hydrogen) atoms. The molecule has 4 rings (SSSR count). The van der Waals surface area contributed by atoms with E-state index in [4.69, 9.17) is 27.9 Å². The Kier molecular flexibility index (Phi) is 14.0. The van der Waals surface area contributed by atoms with E-state index < -0.39 is 22.5 Å². The van der Waals surface area contributed by atoms with Crippen LogP contribution in [0.5, 0.6) is 0 Å². The predicted octanol–water partition coefficient (Wildman–Crippen LogP) is 9.23. The first-order chi connectivity index (χ1) is 23.4. The summed E-state index contributed by atoms with van der Waals surface area (Å²) in [5.74, 6) is 0.393. The van der Waals surface area contributed by atoms with E-state index in [1.807, 2.05) is 52.0 Å². The van der Waals surface area contributed by atoms with Gasteiger partial charge in [-0.2, -0.15) is 0 Å². The van der Waals surface area contributed by atoms with Crippen LogP contribution in [0.4, 0.5) is 4.79 Å². The van der Waals surface area contributed by atoms with Gasteiger partial charge in [-0.15, -0.1) is 11.8 Å². The van der Waals surface area contributed by atoms with E-state index in [0.29, 0.717) is 22.3 Å². The minimum atomic E-state index is -0.667. The highest BCUT2D eigenvalue weighted by Gasteiger charge is 2.38. The quantitative estimate of drug-likeness (QED) is 0.107. The van der Waals surface area contributed by atoms with Gasteiger partial charge in [0.05, 0.1) is 16.8 Å². The largest absolute Gasteiger partial charge is 0.444 e. The van der Waals surface area contributed by atoms with E-state index >= 15 is 0 Å². The van der Waals surface area contributed by atoms with Gasteiger partial charge < -0.3 is 20.7 Å². The number of halogens is 2. The van der Waals surface area contributed by atoms with Crippen molar-refractivity contribution in [3.63, 3.8) is 0 Å². The molecule has 0 saturated carbocycles. The molecular weight excluding hydrogens is 673 g/mol. The lowest BCUT2D eigenvalue weighted by Crippen LogP contribution is -2.53. The first kappa shape index (κ1) is 38.3. The molecule has 9 heteroatoms. The second-order valence-electron chi connectivity index (χ2n) is 13.2. The number of nitrogens with one attached hydrogen (secondary N) is 3. The Morgan fingerprint density at radius 2 is 1.35 bits per heavy atom. The highest BCUT2D eigenvalue weighted by Crippen LogP contribution is 2.48. The zero-order valence-electron chi connectivity index (χ0n) is 28.8. The van der Waals surface area contributed by atoms with E-state index in [2.05, 4.69) is 95.7 Å². The maximum Gasteiger partial charge on any atom is 0.407 e. The first-order valence-electron chi connectivity index (χ1n) is 16.7. The summed E-state index contributed by atoms with van der Waals surface area (Å²) in [5.41, 5.74) is 3.48. The third-order valence-electron chi connectivity index (χ3n) is 8.31. The Hall–Kier alpha value is -3.49. The molecule has 6 nitrogen and oxygen atoms in total. The van der Waals surface area contributed by atoms with E-state index in [0.717, 1.165) is 28.7 Å². The second kappa shape index (κ2) is 18.0. The van der Waals surface area contributed by atoms with Gasteiger partial charge in [0, 0.05) is 28.9 Å². The smallest absolute Gasteiger partial charge is 0.407 e. The standard InChI is InChI=1S/C40H47Cl2N3O3S/c1-6-28(2)36(37(46)44-25-29-22-23-33(41)24-35(29)42)43-26-34(45-38(47)48-39(3,4)5)27-49-40(30-16-10-7-11-17-30,31-18-12-8-13-19-31)32-20-14-9-15-21-32/h7-24,28,34,36,43H,6,25-27H2,1-5H3,(H,44,46)(H,45,47)/t28-,34+,36-/m0/s1. The number of hydrogen-bond donors (Lipinski definition) is 3. The summed E-state index contributed by atoms with van der Waals surface area (Å²) in [5, 5.41) is 10.7. The monoisotopic (exact) mass is 719 g/mol. The molecule has 4 aromatic rings. The zero-order valence-corrected chi connectivity index (χ0v) is 31.2. The normalized spacial score (nSPS) is 13.6. The van der Waals surface area contributed by atoms with Gasteiger partial charge in [-0.05, 0) is 61.1 Å². The van der Waals surface area contributed by atoms with E-state index in [-0.39, 0.29) is 24.4 Å². The molecule has 0 bridgehead atoms. The molecule has 0 saturated heterocycles. The molecule has 0 spiro atoms. The van der Waals surface area contributed by atoms with Crippen molar-refractivity contribution in [3.05, 3.63) is 141 Å². The van der Waals surface area contributed by atoms with Crippen LogP contribution < -0.4 is 16.0 Å². The summed E-state index contributed by atoms with van der Waals surface area (Å²) in [4.78, 5) is 26.8. The Morgan fingerprint density at radius 3 is 1.82 bits per heavy atom. The predicted molar refractivity (Wildman–Crippen MR) is 204 cm³/mol. The highest BCUT2D eigenvalue weighted by molar-refractivity contribution is 8.00. The summed E-state index contributed by atoms with van der Waals surface area (Å²) in [6.07, 6.45) is 0.275. The lowest BCUT2D eigenvalue weighted by molar-refractivity contribution is -0.124. The molecule has 0 unspecified atom stereocenters. The van der Waals surface area contributed by atoms with E-state index in [1.54, 1.807) is 23.9 Å². The van der Waals surface area contributed by atoms with Gasteiger partial charge in [0.1, 0.15) is 5.60 Å². The SMILES string of the molecule is CC[C@H](C)[C@H](NC[C@H](CSC(c1ccccc1)(c1ccccc1)c1ccccc1)NC(=O)OC(C)(C)C)C(=O)NCc1ccc(Cl)cc1Cl. The number of ether oxygens (including phenoxy) is 1. The zero-order chi connectivity index (χ0) is 35.4. The van der Waals surface area contributed by atoms with Crippen molar-refractivity contribution in [2.24, 2.45) is 5.92 Å². The fourth-order valence-corrected chi connectivity index (χ4v) is 7.67. The van der Waals surface area contributed by atoms with Gasteiger partial charge in [0.25, 0.3) is 0 Å². The summed E-state index contributed by atoms with van der Waals surface area (Å²) < 4.78 is 5.12. The summed E-state index contributed by atoms with van der Waals surface area (Å²) in [6.45, 7) is 10.2. The topological polar surface area (TPSA) is 79.5 Å². The van der Waals surface area contributed by atoms with Crippen LogP contribution in [0.2, 0.25) is 10.0 Å². The number of hydrogen-bond acceptors (Lipinski definition) is 5. The number of benzene rings is 4. The molecule has 0 aliphatic carbocycles. The van der Waals surface area contributed by atoms with Crippen LogP contribution >= 0.6 is 35.0 Å². The second-order valence-corrected chi connectivity index (χ2v) is 15.2. The molecule has 0 radical (unpaired) electrons. The summed E-state index contributed by atoms with van der Waals surface area (Å²) >= 11 is 14.2. The van der Waals surface area contributed by atoms with Crippen molar-refractivity contribution < 1.29 is 14.3 Å². The minimum absolute atomic E-state index is 0.0209. The number of carbonyl (C=O) groups excluding carboxylic acids is 2. The molecule has 0 aliphatic heterocycles. The van der Waals surface area contributed by atoms with Crippen molar-refractivity contribution in [2.75, 3.05) is 12.3 Å². The van der Waals surface area contributed by atoms with E-state index in [1.165, 1.54) is 0 Å². The Labute approximate surface area is 305 Å². The number of alkyl carbamates (subject to hydrolysis) is 1.